The van der Waals surface area contributed by atoms with Crippen LogP contribution in [0.3, 0.4) is 0 Å². The quantitative estimate of drug-likeness (QED) is 0.477. The Hall–Kier alpha value is -2.82. The fraction of sp³-hybridized carbons (Fsp3) is 0.591. The summed E-state index contributed by atoms with van der Waals surface area (Å²) in [5.41, 5.74) is -0.402. The van der Waals surface area contributed by atoms with Gasteiger partial charge in [0.15, 0.2) is 0 Å². The molecule has 0 aliphatic heterocycles. The van der Waals surface area contributed by atoms with Gasteiger partial charge in [0.1, 0.15) is 11.6 Å². The van der Waals surface area contributed by atoms with Crippen LogP contribution < -0.4 is 16.0 Å². The van der Waals surface area contributed by atoms with E-state index in [1.165, 1.54) is 5.32 Å². The number of amides is 2. The Morgan fingerprint density at radius 2 is 1.70 bits per heavy atom. The lowest BCUT2D eigenvalue weighted by molar-refractivity contribution is -0.175. The third kappa shape index (κ3) is 7.62. The third-order valence-corrected chi connectivity index (χ3v) is 5.29. The minimum Gasteiger partial charge on any atom is -0.480 e. The summed E-state index contributed by atoms with van der Waals surface area (Å²) in [6.45, 7) is 4.75. The molecular weight excluding hydrogens is 443 g/mol. The number of halogens is 3. The molecule has 2 amide bonds. The van der Waals surface area contributed by atoms with E-state index in [9.17, 15) is 32.7 Å². The molecule has 184 valence electrons. The molecule has 0 aromatic heterocycles. The molecular formula is C22H30F3N3O5. The highest BCUT2D eigenvalue weighted by Gasteiger charge is 2.42. The summed E-state index contributed by atoms with van der Waals surface area (Å²) in [5, 5.41) is 16.7. The molecule has 0 bridgehead atoms. The van der Waals surface area contributed by atoms with Gasteiger partial charge < -0.3 is 20.5 Å². The average Bonchev–Trinajstić information content (AvgIpc) is 2.69. The summed E-state index contributed by atoms with van der Waals surface area (Å²) in [4.78, 5) is 35.2. The Labute approximate surface area is 190 Å². The van der Waals surface area contributed by atoms with Gasteiger partial charge in [0, 0.05) is 17.8 Å². The second-order valence-corrected chi connectivity index (χ2v) is 9.06. The maximum atomic E-state index is 12.6. The van der Waals surface area contributed by atoms with E-state index in [1.54, 1.807) is 45.0 Å². The number of carbonyl (C=O) groups is 3. The predicted molar refractivity (Wildman–Crippen MR) is 115 cm³/mol. The zero-order chi connectivity index (χ0) is 24.9. The summed E-state index contributed by atoms with van der Waals surface area (Å²) in [6, 6.07) is 5.14. The summed E-state index contributed by atoms with van der Waals surface area (Å²) in [6.07, 6.45) is -2.19. The summed E-state index contributed by atoms with van der Waals surface area (Å²) < 4.78 is 43.2. The fourth-order valence-electron chi connectivity index (χ4n) is 3.86. The van der Waals surface area contributed by atoms with Gasteiger partial charge in [-0.05, 0) is 45.2 Å². The van der Waals surface area contributed by atoms with Crippen molar-refractivity contribution in [2.75, 3.05) is 11.9 Å². The van der Waals surface area contributed by atoms with E-state index in [4.69, 9.17) is 4.74 Å². The summed E-state index contributed by atoms with van der Waals surface area (Å²) >= 11 is 0. The van der Waals surface area contributed by atoms with Gasteiger partial charge in [-0.25, -0.2) is 9.59 Å². The van der Waals surface area contributed by atoms with Crippen LogP contribution in [0.2, 0.25) is 0 Å². The molecule has 0 radical (unpaired) electrons. The molecule has 0 spiro atoms. The second kappa shape index (κ2) is 10.4. The lowest BCUT2D eigenvalue weighted by Crippen LogP contribution is -2.55. The molecule has 33 heavy (non-hydrogen) atoms. The van der Waals surface area contributed by atoms with Crippen LogP contribution in [0, 0.1) is 0 Å². The molecule has 1 fully saturated rings. The lowest BCUT2D eigenvalue weighted by Gasteiger charge is -2.40. The molecule has 2 rings (SSSR count). The van der Waals surface area contributed by atoms with Crippen molar-refractivity contribution in [1.29, 1.82) is 0 Å². The van der Waals surface area contributed by atoms with Gasteiger partial charge in [-0.15, -0.1) is 0 Å². The first-order valence-corrected chi connectivity index (χ1v) is 10.7. The van der Waals surface area contributed by atoms with Crippen LogP contribution >= 0.6 is 0 Å². The number of aliphatic carboxylic acids is 1. The second-order valence-electron chi connectivity index (χ2n) is 9.06. The van der Waals surface area contributed by atoms with E-state index in [0.29, 0.717) is 24.1 Å². The number of carboxylic acid groups (broad SMARTS) is 1. The minimum atomic E-state index is -5.19. The molecule has 11 heteroatoms. The van der Waals surface area contributed by atoms with Crippen molar-refractivity contribution in [3.8, 4) is 0 Å². The molecule has 1 aromatic rings. The maximum Gasteiger partial charge on any atom is 0.471 e. The standard InChI is InChI=1S/C22H30F3N3O5/c1-20(2,3)33-19(32)28-15-10-6-5-9-14(15)21(11-7-4-8-12-21)26-13-16(17(29)30)27-18(31)22(23,24)25/h5-6,9-10,16,26H,4,7-8,11-13H2,1-3H3,(H,27,31)(H,28,32)(H,29,30). The Morgan fingerprint density at radius 1 is 1.09 bits per heavy atom. The fourth-order valence-corrected chi connectivity index (χ4v) is 3.86. The van der Waals surface area contributed by atoms with Crippen LogP contribution in [-0.2, 0) is 19.9 Å². The van der Waals surface area contributed by atoms with Gasteiger partial charge in [-0.1, -0.05) is 37.5 Å². The molecule has 1 aliphatic rings. The zero-order valence-corrected chi connectivity index (χ0v) is 18.8. The van der Waals surface area contributed by atoms with Crippen LogP contribution in [0.1, 0.15) is 58.4 Å². The number of ether oxygens (including phenoxy) is 1. The average molecular weight is 473 g/mol. The highest BCUT2D eigenvalue weighted by molar-refractivity contribution is 5.87. The smallest absolute Gasteiger partial charge is 0.471 e. The number of hydrogen-bond acceptors (Lipinski definition) is 5. The van der Waals surface area contributed by atoms with Gasteiger partial charge in [-0.3, -0.25) is 10.1 Å². The van der Waals surface area contributed by atoms with Gasteiger partial charge >= 0.3 is 24.1 Å². The molecule has 0 heterocycles. The molecule has 1 aliphatic carbocycles. The van der Waals surface area contributed by atoms with E-state index in [0.717, 1.165) is 19.3 Å². The Morgan fingerprint density at radius 3 is 2.24 bits per heavy atom. The first kappa shape index (κ1) is 26.4. The number of hydrogen-bond donors (Lipinski definition) is 4. The number of benzene rings is 1. The van der Waals surface area contributed by atoms with Crippen molar-refractivity contribution >= 4 is 23.7 Å². The van der Waals surface area contributed by atoms with E-state index in [-0.39, 0.29) is 0 Å². The highest BCUT2D eigenvalue weighted by Crippen LogP contribution is 2.40. The number of carboxylic acids is 1. The number of anilines is 1. The van der Waals surface area contributed by atoms with Crippen molar-refractivity contribution < 1.29 is 37.4 Å². The third-order valence-electron chi connectivity index (χ3n) is 5.29. The summed E-state index contributed by atoms with van der Waals surface area (Å²) in [5.74, 6) is -3.91. The SMILES string of the molecule is CC(C)(C)OC(=O)Nc1ccccc1C1(NCC(NC(=O)C(F)(F)F)C(=O)O)CCCCC1. The van der Waals surface area contributed by atoms with Crippen molar-refractivity contribution in [3.63, 3.8) is 0 Å². The van der Waals surface area contributed by atoms with E-state index in [2.05, 4.69) is 10.6 Å². The van der Waals surface area contributed by atoms with Gasteiger partial charge in [0.2, 0.25) is 0 Å². The zero-order valence-electron chi connectivity index (χ0n) is 18.8. The number of alkyl halides is 3. The van der Waals surface area contributed by atoms with Gasteiger partial charge in [0.05, 0.1) is 0 Å². The number of carbonyl (C=O) groups excluding carboxylic acids is 2. The van der Waals surface area contributed by atoms with Crippen LogP contribution in [-0.4, -0.2) is 47.4 Å². The molecule has 4 N–H and O–H groups in total. The molecule has 1 unspecified atom stereocenters. The van der Waals surface area contributed by atoms with Crippen molar-refractivity contribution in [3.05, 3.63) is 29.8 Å². The maximum absolute atomic E-state index is 12.6. The van der Waals surface area contributed by atoms with Crippen LogP contribution in [0.5, 0.6) is 0 Å². The summed E-state index contributed by atoms with van der Waals surface area (Å²) in [7, 11) is 0. The number of rotatable bonds is 7. The Balaban J connectivity index is 2.29. The molecule has 1 atom stereocenters. The molecule has 8 nitrogen and oxygen atoms in total. The number of nitrogens with one attached hydrogen (secondary N) is 3. The lowest BCUT2D eigenvalue weighted by atomic mass is 9.75. The van der Waals surface area contributed by atoms with E-state index in [1.807, 2.05) is 0 Å². The molecule has 1 saturated carbocycles. The Bertz CT molecular complexity index is 862. The van der Waals surface area contributed by atoms with Crippen LogP contribution in [0.25, 0.3) is 0 Å². The first-order chi connectivity index (χ1) is 15.2. The van der Waals surface area contributed by atoms with E-state index >= 15 is 0 Å². The normalized spacial score (nSPS) is 17.0. The van der Waals surface area contributed by atoms with Crippen LogP contribution in [0.15, 0.2) is 24.3 Å². The molecule has 0 saturated heterocycles. The van der Waals surface area contributed by atoms with Crippen molar-refractivity contribution in [1.82, 2.24) is 10.6 Å². The first-order valence-electron chi connectivity index (χ1n) is 10.7. The monoisotopic (exact) mass is 473 g/mol. The highest BCUT2D eigenvalue weighted by atomic mass is 19.4. The largest absolute Gasteiger partial charge is 0.480 e. The van der Waals surface area contributed by atoms with E-state index < -0.39 is 47.9 Å². The Kier molecular flexibility index (Phi) is 8.34. The predicted octanol–water partition coefficient (Wildman–Crippen LogP) is 3.91. The number of para-hydroxylation sites is 1. The van der Waals surface area contributed by atoms with Gasteiger partial charge in [-0.2, -0.15) is 13.2 Å². The topological polar surface area (TPSA) is 117 Å². The van der Waals surface area contributed by atoms with Crippen LogP contribution in [0.4, 0.5) is 23.7 Å². The van der Waals surface area contributed by atoms with Crippen molar-refractivity contribution in [2.45, 2.75) is 76.2 Å². The van der Waals surface area contributed by atoms with Gasteiger partial charge in [0.25, 0.3) is 0 Å². The minimum absolute atomic E-state index is 0.433. The van der Waals surface area contributed by atoms with Crippen molar-refractivity contribution in [2.24, 2.45) is 0 Å². The molecule has 1 aromatic carbocycles.